The van der Waals surface area contributed by atoms with Crippen molar-refractivity contribution in [3.63, 3.8) is 0 Å². The van der Waals surface area contributed by atoms with Crippen LogP contribution < -0.4 is 15.3 Å². The molecule has 0 saturated heterocycles. The third-order valence-corrected chi connectivity index (χ3v) is 6.00. The van der Waals surface area contributed by atoms with Crippen molar-refractivity contribution in [1.82, 2.24) is 0 Å². The minimum Gasteiger partial charge on any atom is -0.550 e. The number of carbonyl (C=O) groups is 3. The first-order valence-electron chi connectivity index (χ1n) is 13.2. The van der Waals surface area contributed by atoms with E-state index in [-0.39, 0.29) is 60.1 Å². The molecule has 34 heavy (non-hydrogen) atoms. The number of carboxylic acids is 3. The molecule has 0 aliphatic carbocycles. The Hall–Kier alpha value is -0.239. The molecule has 0 aromatic carbocycles. The molecular formula is C27H51NdO6. The molecule has 0 spiro atoms. The molecule has 0 aliphatic rings. The number of rotatable bonds is 18. The SMILES string of the molecule is CCCCC(CC)CC(=O)[O-].CCCCC(CC)CC(=O)[O-].CCCCC(CC)CC(=O)[O-].[Nd+3]. The molecule has 1 radical (unpaired) electrons. The predicted molar refractivity (Wildman–Crippen MR) is 129 cm³/mol. The standard InChI is InChI=1S/3C9H18O2.Nd/c3*1-3-5-6-8(4-2)7-9(10)11;/h3*8H,3-7H2,1-2H3,(H,10,11);/q;;;+3/p-3. The Bertz CT molecular complexity index is 403. The van der Waals surface area contributed by atoms with Crippen LogP contribution >= 0.6 is 0 Å². The number of carbonyl (C=O) groups excluding carboxylic acids is 3. The van der Waals surface area contributed by atoms with E-state index in [2.05, 4.69) is 20.8 Å². The van der Waals surface area contributed by atoms with E-state index in [1.165, 1.54) is 0 Å². The molecule has 199 valence electrons. The molecule has 0 aromatic rings. The number of carboxylic acid groups (broad SMARTS) is 3. The van der Waals surface area contributed by atoms with Crippen molar-refractivity contribution in [3.05, 3.63) is 0 Å². The molecule has 0 N–H and O–H groups in total. The number of hydrogen-bond acceptors (Lipinski definition) is 6. The summed E-state index contributed by atoms with van der Waals surface area (Å²) in [5.41, 5.74) is 0. The van der Waals surface area contributed by atoms with Gasteiger partial charge in [-0.15, -0.1) is 0 Å². The summed E-state index contributed by atoms with van der Waals surface area (Å²) < 4.78 is 0. The summed E-state index contributed by atoms with van der Waals surface area (Å²) in [6, 6.07) is 0. The van der Waals surface area contributed by atoms with Gasteiger partial charge < -0.3 is 29.7 Å². The van der Waals surface area contributed by atoms with E-state index < -0.39 is 17.9 Å². The second-order valence-corrected chi connectivity index (χ2v) is 8.98. The van der Waals surface area contributed by atoms with E-state index in [0.29, 0.717) is 17.8 Å². The van der Waals surface area contributed by atoms with E-state index in [9.17, 15) is 29.7 Å². The second kappa shape index (κ2) is 30.8. The maximum absolute atomic E-state index is 10.2. The Morgan fingerprint density at radius 3 is 0.824 bits per heavy atom. The maximum atomic E-state index is 10.2. The fourth-order valence-corrected chi connectivity index (χ4v) is 3.54. The van der Waals surface area contributed by atoms with Gasteiger partial charge in [0.15, 0.2) is 0 Å². The first kappa shape index (κ1) is 40.9. The van der Waals surface area contributed by atoms with E-state index in [1.54, 1.807) is 0 Å². The van der Waals surface area contributed by atoms with Gasteiger partial charge in [0.25, 0.3) is 0 Å². The third kappa shape index (κ3) is 33.9. The Labute approximate surface area is 242 Å². The van der Waals surface area contributed by atoms with Gasteiger partial charge >= 0.3 is 40.8 Å². The smallest absolute Gasteiger partial charge is 0.550 e. The number of aliphatic carboxylic acids is 3. The van der Waals surface area contributed by atoms with E-state index >= 15 is 0 Å². The predicted octanol–water partition coefficient (Wildman–Crippen LogP) is 4.03. The summed E-state index contributed by atoms with van der Waals surface area (Å²) in [6.07, 6.45) is 13.5. The van der Waals surface area contributed by atoms with Gasteiger partial charge in [-0.25, -0.2) is 0 Å². The van der Waals surface area contributed by atoms with Crippen LogP contribution in [0.2, 0.25) is 0 Å². The van der Waals surface area contributed by atoms with Gasteiger partial charge in [-0.3, -0.25) is 0 Å². The number of unbranched alkanes of at least 4 members (excludes halogenated alkanes) is 3. The van der Waals surface area contributed by atoms with Gasteiger partial charge in [0.1, 0.15) is 0 Å². The van der Waals surface area contributed by atoms with Crippen molar-refractivity contribution in [1.29, 1.82) is 0 Å². The summed E-state index contributed by atoms with van der Waals surface area (Å²) in [4.78, 5) is 30.7. The zero-order chi connectivity index (χ0) is 26.1. The Balaban J connectivity index is -0.000000196. The van der Waals surface area contributed by atoms with Crippen molar-refractivity contribution in [2.75, 3.05) is 0 Å². The van der Waals surface area contributed by atoms with Crippen molar-refractivity contribution in [3.8, 4) is 0 Å². The van der Waals surface area contributed by atoms with Crippen LogP contribution in [0.15, 0.2) is 0 Å². The molecule has 0 bridgehead atoms. The van der Waals surface area contributed by atoms with E-state index in [1.807, 2.05) is 20.8 Å². The van der Waals surface area contributed by atoms with Gasteiger partial charge in [-0.05, 0) is 37.0 Å². The molecule has 0 saturated carbocycles. The Morgan fingerprint density at radius 1 is 0.500 bits per heavy atom. The van der Waals surface area contributed by atoms with Crippen molar-refractivity contribution in [2.45, 2.75) is 138 Å². The van der Waals surface area contributed by atoms with Crippen LogP contribution in [0.4, 0.5) is 0 Å². The Kier molecular flexibility index (Phi) is 37.0. The summed E-state index contributed by atoms with van der Waals surface area (Å²) >= 11 is 0. The van der Waals surface area contributed by atoms with Crippen molar-refractivity contribution >= 4 is 17.9 Å². The summed E-state index contributed by atoms with van der Waals surface area (Å²) in [6.45, 7) is 12.4. The molecular weight excluding hydrogens is 565 g/mol. The van der Waals surface area contributed by atoms with E-state index in [0.717, 1.165) is 77.0 Å². The maximum Gasteiger partial charge on any atom is 3.00 e. The second-order valence-electron chi connectivity index (χ2n) is 8.98. The van der Waals surface area contributed by atoms with Crippen molar-refractivity contribution in [2.24, 2.45) is 17.8 Å². The minimum atomic E-state index is -0.909. The molecule has 6 nitrogen and oxygen atoms in total. The summed E-state index contributed by atoms with van der Waals surface area (Å²) in [5.74, 6) is -1.73. The van der Waals surface area contributed by atoms with Gasteiger partial charge in [-0.2, -0.15) is 0 Å². The topological polar surface area (TPSA) is 120 Å². The molecule has 3 atom stereocenters. The largest absolute Gasteiger partial charge is 3.00 e. The molecule has 0 rings (SSSR count). The van der Waals surface area contributed by atoms with Gasteiger partial charge in [0, 0.05) is 17.9 Å². The van der Waals surface area contributed by atoms with Gasteiger partial charge in [0.2, 0.25) is 0 Å². The van der Waals surface area contributed by atoms with Crippen LogP contribution in [0.3, 0.4) is 0 Å². The molecule has 0 fully saturated rings. The molecule has 3 unspecified atom stereocenters. The Morgan fingerprint density at radius 2 is 0.706 bits per heavy atom. The monoisotopic (exact) mass is 613 g/mol. The minimum absolute atomic E-state index is 0. The zero-order valence-corrected chi connectivity index (χ0v) is 26.0. The van der Waals surface area contributed by atoms with Crippen molar-refractivity contribution < 1.29 is 70.5 Å². The fraction of sp³-hybridized carbons (Fsp3) is 0.889. The fourth-order valence-electron chi connectivity index (χ4n) is 3.54. The molecule has 0 aromatic heterocycles. The average molecular weight is 616 g/mol. The van der Waals surface area contributed by atoms with Gasteiger partial charge in [-0.1, -0.05) is 119 Å². The summed E-state index contributed by atoms with van der Waals surface area (Å²) in [5, 5.41) is 30.7. The molecule has 0 heterocycles. The molecule has 7 heteroatoms. The van der Waals surface area contributed by atoms with Crippen LogP contribution in [-0.2, 0) is 14.4 Å². The number of hydrogen-bond donors (Lipinski definition) is 0. The van der Waals surface area contributed by atoms with Crippen LogP contribution in [0.5, 0.6) is 0 Å². The average Bonchev–Trinajstić information content (AvgIpc) is 2.77. The first-order valence-corrected chi connectivity index (χ1v) is 13.2. The van der Waals surface area contributed by atoms with Crippen LogP contribution in [0.25, 0.3) is 0 Å². The zero-order valence-electron chi connectivity index (χ0n) is 22.8. The van der Waals surface area contributed by atoms with Gasteiger partial charge in [0.05, 0.1) is 0 Å². The summed E-state index contributed by atoms with van der Waals surface area (Å²) in [7, 11) is 0. The van der Waals surface area contributed by atoms with E-state index in [4.69, 9.17) is 0 Å². The first-order chi connectivity index (χ1) is 15.6. The quantitative estimate of drug-likeness (QED) is 0.230. The normalized spacial score (nSPS) is 12.5. The molecule has 0 aliphatic heterocycles. The van der Waals surface area contributed by atoms with Crippen LogP contribution in [0, 0.1) is 58.6 Å². The van der Waals surface area contributed by atoms with Crippen LogP contribution in [-0.4, -0.2) is 17.9 Å². The third-order valence-electron chi connectivity index (χ3n) is 6.00. The molecule has 0 amide bonds. The van der Waals surface area contributed by atoms with Crippen LogP contribution in [0.1, 0.15) is 138 Å².